The topological polar surface area (TPSA) is 371 Å². The second kappa shape index (κ2) is 31.2. The van der Waals surface area contributed by atoms with Crippen LogP contribution in [0.2, 0.25) is 0 Å². The number of hydrogen-bond donors (Lipinski definition) is 7. The SMILES string of the molecule is CCC(=Cc1oc2cc(S(=O)(=O)O)ccc2[n+]1CCCCCC(=O)O)C=C1Oc2ccc(-c3ccc4c(c3)N(CCCS(=O)(=O)O)C(=CC(=Cc3oc5cc(SOOO)ccc5[n+]3CCCCCC(=O)Nc3cccc(-n5nnnc5S)c3)CC)O4)cc2N1CCCS(=O)(=O)O. The summed E-state index contributed by atoms with van der Waals surface area (Å²) in [5, 5.41) is 36.5. The predicted molar refractivity (Wildman–Crippen MR) is 355 cm³/mol. The first kappa shape index (κ1) is 70.3. The number of ether oxygens (including phenoxy) is 2. The Morgan fingerprint density at radius 1 is 0.667 bits per heavy atom. The van der Waals surface area contributed by atoms with E-state index in [1.165, 1.54) is 22.9 Å². The van der Waals surface area contributed by atoms with Gasteiger partial charge in [0.25, 0.3) is 41.4 Å². The third kappa shape index (κ3) is 18.1. The highest BCUT2D eigenvalue weighted by Crippen LogP contribution is 2.46. The van der Waals surface area contributed by atoms with Crippen LogP contribution in [0.5, 0.6) is 11.5 Å². The Labute approximate surface area is 561 Å². The van der Waals surface area contributed by atoms with Crippen molar-refractivity contribution in [1.29, 1.82) is 0 Å². The zero-order chi connectivity index (χ0) is 68.3. The minimum atomic E-state index is -4.58. The van der Waals surface area contributed by atoms with Gasteiger partial charge in [0.2, 0.25) is 34.0 Å². The van der Waals surface area contributed by atoms with Crippen LogP contribution in [0.4, 0.5) is 17.1 Å². The maximum absolute atomic E-state index is 13.1. The van der Waals surface area contributed by atoms with Crippen LogP contribution in [0, 0.1) is 0 Å². The zero-order valence-electron chi connectivity index (χ0n) is 51.9. The zero-order valence-corrected chi connectivity index (χ0v) is 56.0. The largest absolute Gasteiger partial charge is 0.481 e. The van der Waals surface area contributed by atoms with E-state index in [0.29, 0.717) is 160 Å². The summed E-state index contributed by atoms with van der Waals surface area (Å²) in [7, 11) is -13.3. The minimum Gasteiger partial charge on any atom is -0.481 e. The Hall–Kier alpha value is -8.48. The Balaban J connectivity index is 0.919. The third-order valence-electron chi connectivity index (χ3n) is 15.7. The van der Waals surface area contributed by atoms with Gasteiger partial charge in [0.15, 0.2) is 24.6 Å². The third-order valence-corrected chi connectivity index (χ3v) is 19.0. The number of fused-ring (bicyclic) bond motifs is 4. The Kier molecular flexibility index (Phi) is 22.8. The first-order valence-corrected chi connectivity index (χ1v) is 36.4. The summed E-state index contributed by atoms with van der Waals surface area (Å²) in [5.41, 5.74) is 7.09. The lowest BCUT2D eigenvalue weighted by Crippen LogP contribution is -2.35. The number of allylic oxidation sites excluding steroid dienone is 4. The second-order valence-electron chi connectivity index (χ2n) is 22.4. The van der Waals surface area contributed by atoms with Crippen LogP contribution >= 0.6 is 24.7 Å². The van der Waals surface area contributed by atoms with Crippen LogP contribution in [0.1, 0.15) is 103 Å². The summed E-state index contributed by atoms with van der Waals surface area (Å²) in [6.07, 6.45) is 11.9. The molecule has 96 heavy (non-hydrogen) atoms. The normalized spacial score (nSPS) is 14.5. The van der Waals surface area contributed by atoms with Crippen molar-refractivity contribution in [3.63, 3.8) is 0 Å². The number of amides is 1. The number of tetrazole rings is 1. The van der Waals surface area contributed by atoms with E-state index < -0.39 is 47.8 Å². The van der Waals surface area contributed by atoms with Crippen molar-refractivity contribution in [2.75, 3.05) is 39.7 Å². The van der Waals surface area contributed by atoms with Gasteiger partial charge in [0, 0.05) is 85.8 Å². The minimum absolute atomic E-state index is 0.00307. The van der Waals surface area contributed by atoms with E-state index in [-0.39, 0.29) is 55.2 Å². The molecule has 0 radical (unpaired) electrons. The van der Waals surface area contributed by atoms with Crippen LogP contribution in [0.15, 0.2) is 156 Å². The highest BCUT2D eigenvalue weighted by molar-refractivity contribution is 7.94. The fourth-order valence-electron chi connectivity index (χ4n) is 11.0. The first-order chi connectivity index (χ1) is 45.9. The second-order valence-corrected chi connectivity index (χ2v) is 28.2. The highest BCUT2D eigenvalue weighted by atomic mass is 32.2. The lowest BCUT2D eigenvalue weighted by Gasteiger charge is -2.20. The summed E-state index contributed by atoms with van der Waals surface area (Å²) in [6, 6.07) is 27.4. The lowest BCUT2D eigenvalue weighted by atomic mass is 10.0. The van der Waals surface area contributed by atoms with Gasteiger partial charge in [0.1, 0.15) is 0 Å². The van der Waals surface area contributed by atoms with E-state index in [1.54, 1.807) is 65.6 Å². The van der Waals surface area contributed by atoms with Gasteiger partial charge in [-0.15, -0.1) is 22.1 Å². The van der Waals surface area contributed by atoms with Crippen molar-refractivity contribution in [1.82, 2.24) is 20.2 Å². The smallest absolute Gasteiger partial charge is 0.374 e. The Morgan fingerprint density at radius 2 is 1.22 bits per heavy atom. The van der Waals surface area contributed by atoms with Crippen molar-refractivity contribution in [3.05, 3.63) is 144 Å². The van der Waals surface area contributed by atoms with Crippen LogP contribution < -0.4 is 33.7 Å². The summed E-state index contributed by atoms with van der Waals surface area (Å²) >= 11 is 5.05. The molecule has 0 saturated carbocycles. The molecule has 0 aliphatic carbocycles. The molecule has 2 aliphatic heterocycles. The van der Waals surface area contributed by atoms with Gasteiger partial charge in [-0.1, -0.05) is 37.1 Å². The maximum atomic E-state index is 13.1. The van der Waals surface area contributed by atoms with Crippen molar-refractivity contribution in [2.45, 2.75) is 119 Å². The number of anilines is 3. The van der Waals surface area contributed by atoms with Crippen LogP contribution in [0.3, 0.4) is 0 Å². The molecule has 3 aromatic heterocycles. The summed E-state index contributed by atoms with van der Waals surface area (Å²) in [5.74, 6) is 0.175. The molecule has 0 fully saturated rings. The number of carbonyl (C=O) groups is 2. The number of aromatic nitrogens is 6. The average molecular weight is 1420 g/mol. The van der Waals surface area contributed by atoms with Gasteiger partial charge in [0.05, 0.1) is 57.7 Å². The van der Waals surface area contributed by atoms with Gasteiger partial charge in [-0.25, -0.2) is 5.26 Å². The van der Waals surface area contributed by atoms with Gasteiger partial charge in [-0.3, -0.25) is 23.2 Å². The van der Waals surface area contributed by atoms with Crippen molar-refractivity contribution < 1.29 is 95.7 Å². The molecule has 8 aromatic rings. The molecule has 5 heterocycles. The van der Waals surface area contributed by atoms with E-state index in [0.717, 1.165) is 23.1 Å². The monoisotopic (exact) mass is 1420 g/mol. The number of aryl methyl sites for hydroxylation is 2. The molecule has 0 saturated heterocycles. The van der Waals surface area contributed by atoms with E-state index in [4.69, 9.17) is 27.9 Å². The van der Waals surface area contributed by atoms with Gasteiger partial charge < -0.3 is 38.5 Å². The molecular weight excluding hydrogens is 1350 g/mol. The van der Waals surface area contributed by atoms with E-state index in [2.05, 4.69) is 38.5 Å². The molecule has 5 aromatic carbocycles. The number of unbranched alkanes of at least 4 members (excludes halogenated alkanes) is 4. The number of carboxylic acids is 1. The molecule has 33 heteroatoms. The first-order valence-electron chi connectivity index (χ1n) is 30.5. The standard InChI is InChI=1S/C63H67N9O19S5/c1-3-41(32-58-68(49-22-20-47(93-91-90-76)39-55(49)88-58)26-9-5-7-16-57(73)64-45-14-11-15-46(38-45)72-63(92)65-66-67-72)34-60-70(28-12-30-94(77,78)79)51-36-43(18-24-53(51)86-60)44-19-25-54-52(37-44)71(29-13-31-95(80,81)82)61(87-54)35-42(4-2)33-59-69(27-10-6-8-17-62(74)75)50-23-21-48(96(83,84)85)40-56(50)89-59/h11,14-15,18-25,32-40H,3-10,12-13,16-17,26-31H2,1-2H3,(H5-2,64,65,67,73,74,75,76,77,78,79,80,81,82,83,84,85,92)/p+2. The molecule has 0 spiro atoms. The highest BCUT2D eigenvalue weighted by Gasteiger charge is 2.32. The number of nitrogens with zero attached hydrogens (tertiary/aromatic N) is 8. The van der Waals surface area contributed by atoms with E-state index in [9.17, 15) is 53.6 Å². The average Bonchev–Trinajstić information content (AvgIpc) is 1.63. The number of rotatable bonds is 33. The number of oxazole rings is 2. The van der Waals surface area contributed by atoms with Crippen LogP contribution in [-0.4, -0.2) is 106 Å². The molecule has 28 nitrogen and oxygen atoms in total. The van der Waals surface area contributed by atoms with Crippen LogP contribution in [0.25, 0.3) is 51.2 Å². The predicted octanol–water partition coefficient (Wildman–Crippen LogP) is 10.8. The van der Waals surface area contributed by atoms with Gasteiger partial charge in [-0.2, -0.15) is 39.1 Å². The summed E-state index contributed by atoms with van der Waals surface area (Å²) < 4.78 is 138. The Morgan fingerprint density at radius 3 is 1.73 bits per heavy atom. The molecule has 0 bridgehead atoms. The summed E-state index contributed by atoms with van der Waals surface area (Å²) in [6.45, 7) is 4.88. The summed E-state index contributed by atoms with van der Waals surface area (Å²) in [4.78, 5) is 28.1. The lowest BCUT2D eigenvalue weighted by molar-refractivity contribution is -0.678. The molecule has 10 rings (SSSR count). The maximum Gasteiger partial charge on any atom is 0.374 e. The number of hydrogen-bond acceptors (Lipinski definition) is 22. The molecule has 1 amide bonds. The van der Waals surface area contributed by atoms with Crippen LogP contribution in [-0.2, 0) is 62.4 Å². The fourth-order valence-corrected chi connectivity index (χ4v) is 13.1. The number of carbonyl (C=O) groups excluding carboxylic acids is 1. The van der Waals surface area contributed by atoms with Crippen molar-refractivity contribution in [3.8, 4) is 28.3 Å². The Bertz CT molecular complexity index is 4700. The molecule has 6 N–H and O–H groups in total. The van der Waals surface area contributed by atoms with E-state index in [1.807, 2.05) is 70.4 Å². The van der Waals surface area contributed by atoms with E-state index >= 15 is 0 Å². The molecule has 0 unspecified atom stereocenters. The van der Waals surface area contributed by atoms with Gasteiger partial charge in [-0.05, 0) is 139 Å². The van der Waals surface area contributed by atoms with Crippen molar-refractivity contribution >= 4 is 118 Å². The van der Waals surface area contributed by atoms with Crippen molar-refractivity contribution in [2.24, 2.45) is 0 Å². The molecule has 0 atom stereocenters. The number of carboxylic acid groups (broad SMARTS) is 1. The molecule has 508 valence electrons. The number of benzene rings is 5. The van der Waals surface area contributed by atoms with Gasteiger partial charge >= 0.3 is 17.8 Å². The fraction of sp³-hybridized carbons (Fsp3) is 0.317. The number of nitrogens with one attached hydrogen (secondary N) is 1. The number of thiol groups is 1. The quantitative estimate of drug-likeness (QED) is 0.00382. The molecule has 2 aliphatic rings. The molecular formula is C63H69N9O19S5+2. The number of aliphatic carboxylic acids is 1.